The second-order valence-corrected chi connectivity index (χ2v) is 6.50. The fourth-order valence-corrected chi connectivity index (χ4v) is 2.82. The minimum absolute atomic E-state index is 0.694. The van der Waals surface area contributed by atoms with Crippen molar-refractivity contribution in [2.45, 2.75) is 39.9 Å². The van der Waals surface area contributed by atoms with Gasteiger partial charge in [0.25, 0.3) is 0 Å². The van der Waals surface area contributed by atoms with E-state index in [9.17, 15) is 0 Å². The summed E-state index contributed by atoms with van der Waals surface area (Å²) in [6.45, 7) is 13.6. The molecule has 0 fully saturated rings. The van der Waals surface area contributed by atoms with Gasteiger partial charge in [0.1, 0.15) is 0 Å². The first-order chi connectivity index (χ1) is 8.43. The summed E-state index contributed by atoms with van der Waals surface area (Å²) < 4.78 is 0. The lowest BCUT2D eigenvalue weighted by atomic mass is 10.1. The molecule has 1 nitrogen and oxygen atoms in total. The lowest BCUT2D eigenvalue weighted by Gasteiger charge is -2.29. The normalized spacial score (nSPS) is 11.3. The molecule has 0 aromatic heterocycles. The maximum Gasteiger partial charge on any atom is 0.0369 e. The van der Waals surface area contributed by atoms with Crippen molar-refractivity contribution >= 4 is 21.6 Å². The molecule has 1 aromatic rings. The van der Waals surface area contributed by atoms with Crippen LogP contribution in [0.3, 0.4) is 0 Å². The molecule has 18 heavy (non-hydrogen) atoms. The molecule has 2 heteroatoms. The van der Waals surface area contributed by atoms with E-state index in [-0.39, 0.29) is 0 Å². The molecule has 0 unspecified atom stereocenters. The average molecular weight is 312 g/mol. The van der Waals surface area contributed by atoms with E-state index in [0.717, 1.165) is 18.4 Å². The Labute approximate surface area is 121 Å². The maximum absolute atomic E-state index is 3.54. The molecular formula is C16H26BrN. The minimum Gasteiger partial charge on any atom is -0.371 e. The van der Waals surface area contributed by atoms with E-state index in [4.69, 9.17) is 0 Å². The molecule has 1 rings (SSSR count). The summed E-state index contributed by atoms with van der Waals surface area (Å²) in [6.07, 6.45) is 0. The summed E-state index contributed by atoms with van der Waals surface area (Å²) in [7, 11) is 0. The van der Waals surface area contributed by atoms with Crippen molar-refractivity contribution in [2.24, 2.45) is 11.8 Å². The Hall–Kier alpha value is -0.500. The van der Waals surface area contributed by atoms with Gasteiger partial charge in [-0.3, -0.25) is 0 Å². The summed E-state index contributed by atoms with van der Waals surface area (Å²) in [5, 5.41) is 0.938. The fraction of sp³-hybridized carbons (Fsp3) is 0.625. The van der Waals surface area contributed by atoms with Crippen molar-refractivity contribution in [1.82, 2.24) is 0 Å². The lowest BCUT2D eigenvalue weighted by molar-refractivity contribution is 0.552. The fourth-order valence-electron chi connectivity index (χ4n) is 2.19. The van der Waals surface area contributed by atoms with Gasteiger partial charge in [-0.1, -0.05) is 49.7 Å². The lowest BCUT2D eigenvalue weighted by Crippen LogP contribution is -2.31. The van der Waals surface area contributed by atoms with Crippen LogP contribution in [0, 0.1) is 18.8 Å². The van der Waals surface area contributed by atoms with Crippen LogP contribution in [0.5, 0.6) is 0 Å². The molecule has 0 saturated carbocycles. The molecule has 0 aliphatic carbocycles. The monoisotopic (exact) mass is 311 g/mol. The predicted octanol–water partition coefficient (Wildman–Crippen LogP) is 5.01. The van der Waals surface area contributed by atoms with E-state index in [1.54, 1.807) is 0 Å². The van der Waals surface area contributed by atoms with Gasteiger partial charge < -0.3 is 4.90 Å². The standard InChI is InChI=1S/C16H26BrN/c1-12(2)10-18(11-13(3)4)16-7-6-15(9-17)14(5)8-16/h6-8,12-13H,9-11H2,1-5H3. The van der Waals surface area contributed by atoms with Crippen LogP contribution in [-0.2, 0) is 5.33 Å². The number of aryl methyl sites for hydroxylation is 1. The zero-order valence-corrected chi connectivity index (χ0v) is 13.9. The number of hydrogen-bond acceptors (Lipinski definition) is 1. The summed E-state index contributed by atoms with van der Waals surface area (Å²) in [6, 6.07) is 6.82. The highest BCUT2D eigenvalue weighted by atomic mass is 79.9. The molecule has 0 atom stereocenters. The van der Waals surface area contributed by atoms with Crippen LogP contribution in [0.25, 0.3) is 0 Å². The molecular weight excluding hydrogens is 286 g/mol. The number of alkyl halides is 1. The molecule has 102 valence electrons. The predicted molar refractivity (Wildman–Crippen MR) is 85.7 cm³/mol. The van der Waals surface area contributed by atoms with Crippen molar-refractivity contribution < 1.29 is 0 Å². The van der Waals surface area contributed by atoms with E-state index < -0.39 is 0 Å². The quantitative estimate of drug-likeness (QED) is 0.668. The first-order valence-corrected chi connectivity index (χ1v) is 7.96. The highest BCUT2D eigenvalue weighted by Crippen LogP contribution is 2.22. The Morgan fingerprint density at radius 2 is 1.61 bits per heavy atom. The van der Waals surface area contributed by atoms with Gasteiger partial charge >= 0.3 is 0 Å². The summed E-state index contributed by atoms with van der Waals surface area (Å²) in [4.78, 5) is 2.51. The second kappa shape index (κ2) is 7.18. The van der Waals surface area contributed by atoms with Crippen LogP contribution < -0.4 is 4.90 Å². The molecule has 0 spiro atoms. The third kappa shape index (κ3) is 4.64. The Morgan fingerprint density at radius 1 is 1.06 bits per heavy atom. The third-order valence-corrected chi connectivity index (χ3v) is 3.61. The first-order valence-electron chi connectivity index (χ1n) is 6.84. The molecule has 1 aromatic carbocycles. The third-order valence-electron chi connectivity index (χ3n) is 3.01. The van der Waals surface area contributed by atoms with Gasteiger partial charge in [0, 0.05) is 24.1 Å². The van der Waals surface area contributed by atoms with Gasteiger partial charge in [0.05, 0.1) is 0 Å². The van der Waals surface area contributed by atoms with E-state index in [2.05, 4.69) is 73.6 Å². The highest BCUT2D eigenvalue weighted by Gasteiger charge is 2.11. The number of rotatable bonds is 6. The van der Waals surface area contributed by atoms with Gasteiger partial charge in [0.15, 0.2) is 0 Å². The van der Waals surface area contributed by atoms with Crippen LogP contribution in [0.4, 0.5) is 5.69 Å². The molecule has 0 aliphatic heterocycles. The van der Waals surface area contributed by atoms with Crippen LogP contribution >= 0.6 is 15.9 Å². The van der Waals surface area contributed by atoms with Crippen molar-refractivity contribution in [2.75, 3.05) is 18.0 Å². The van der Waals surface area contributed by atoms with Crippen molar-refractivity contribution in [3.05, 3.63) is 29.3 Å². The zero-order valence-electron chi connectivity index (χ0n) is 12.3. The van der Waals surface area contributed by atoms with Crippen LogP contribution in [-0.4, -0.2) is 13.1 Å². The Kier molecular flexibility index (Phi) is 6.20. The van der Waals surface area contributed by atoms with E-state index in [0.29, 0.717) is 11.8 Å². The van der Waals surface area contributed by atoms with Gasteiger partial charge in [-0.15, -0.1) is 0 Å². The van der Waals surface area contributed by atoms with Crippen molar-refractivity contribution in [3.63, 3.8) is 0 Å². The number of benzene rings is 1. The molecule has 0 saturated heterocycles. The summed E-state index contributed by atoms with van der Waals surface area (Å²) in [5.74, 6) is 1.39. The number of halogens is 1. The number of nitrogens with zero attached hydrogens (tertiary/aromatic N) is 1. The smallest absolute Gasteiger partial charge is 0.0369 e. The second-order valence-electron chi connectivity index (χ2n) is 5.94. The zero-order chi connectivity index (χ0) is 13.7. The summed E-state index contributed by atoms with van der Waals surface area (Å²) >= 11 is 3.54. The van der Waals surface area contributed by atoms with Gasteiger partial charge in [-0.2, -0.15) is 0 Å². The minimum atomic E-state index is 0.694. The molecule has 0 aliphatic rings. The van der Waals surface area contributed by atoms with Gasteiger partial charge in [0.2, 0.25) is 0 Å². The molecule has 0 bridgehead atoms. The molecule has 0 radical (unpaired) electrons. The number of hydrogen-bond donors (Lipinski definition) is 0. The van der Waals surface area contributed by atoms with Crippen LogP contribution in [0.15, 0.2) is 18.2 Å². The Bertz CT molecular complexity index is 361. The molecule has 0 amide bonds. The molecule has 0 N–H and O–H groups in total. The summed E-state index contributed by atoms with van der Waals surface area (Å²) in [5.41, 5.74) is 4.12. The maximum atomic E-state index is 3.54. The highest BCUT2D eigenvalue weighted by molar-refractivity contribution is 9.08. The van der Waals surface area contributed by atoms with Crippen molar-refractivity contribution in [3.8, 4) is 0 Å². The Balaban J connectivity index is 2.93. The average Bonchev–Trinajstić information content (AvgIpc) is 2.26. The topological polar surface area (TPSA) is 3.24 Å². The largest absolute Gasteiger partial charge is 0.371 e. The Morgan fingerprint density at radius 3 is 2.00 bits per heavy atom. The molecule has 0 heterocycles. The SMILES string of the molecule is Cc1cc(N(CC(C)C)CC(C)C)ccc1CBr. The van der Waals surface area contributed by atoms with Gasteiger partial charge in [-0.05, 0) is 42.0 Å². The first kappa shape index (κ1) is 15.6. The van der Waals surface area contributed by atoms with E-state index in [1.807, 2.05) is 0 Å². The van der Waals surface area contributed by atoms with E-state index >= 15 is 0 Å². The number of anilines is 1. The van der Waals surface area contributed by atoms with Crippen molar-refractivity contribution in [1.29, 1.82) is 0 Å². The van der Waals surface area contributed by atoms with Crippen LogP contribution in [0.2, 0.25) is 0 Å². The van der Waals surface area contributed by atoms with Crippen LogP contribution in [0.1, 0.15) is 38.8 Å². The van der Waals surface area contributed by atoms with Gasteiger partial charge in [-0.25, -0.2) is 0 Å². The van der Waals surface area contributed by atoms with E-state index in [1.165, 1.54) is 16.8 Å².